The van der Waals surface area contributed by atoms with Crippen molar-refractivity contribution in [3.8, 4) is 11.8 Å². The van der Waals surface area contributed by atoms with Crippen molar-refractivity contribution < 1.29 is 14.6 Å². The van der Waals surface area contributed by atoms with Gasteiger partial charge in [-0.2, -0.15) is 5.26 Å². The highest BCUT2D eigenvalue weighted by Gasteiger charge is 2.05. The summed E-state index contributed by atoms with van der Waals surface area (Å²) in [4.78, 5) is 3.92. The number of rotatable bonds is 5. The van der Waals surface area contributed by atoms with Crippen molar-refractivity contribution in [2.24, 2.45) is 0 Å². The summed E-state index contributed by atoms with van der Waals surface area (Å²) in [6, 6.07) is 3.48. The zero-order chi connectivity index (χ0) is 11.1. The number of hydrogen-bond acceptors (Lipinski definition) is 5. The second-order valence-corrected chi connectivity index (χ2v) is 2.78. The lowest BCUT2D eigenvalue weighted by Crippen LogP contribution is -2.06. The summed E-state index contributed by atoms with van der Waals surface area (Å²) in [6.45, 7) is 0.630. The first-order valence-electron chi connectivity index (χ1n) is 4.43. The molecule has 1 aromatic heterocycles. The van der Waals surface area contributed by atoms with Crippen LogP contribution >= 0.6 is 0 Å². The Balaban J connectivity index is 2.75. The van der Waals surface area contributed by atoms with Crippen molar-refractivity contribution in [2.75, 3.05) is 20.3 Å². The summed E-state index contributed by atoms with van der Waals surface area (Å²) < 4.78 is 10.1. The molecular weight excluding hydrogens is 196 g/mol. The minimum absolute atomic E-state index is 0.187. The van der Waals surface area contributed by atoms with Crippen LogP contribution in [0, 0.1) is 11.3 Å². The van der Waals surface area contributed by atoms with Crippen LogP contribution in [-0.4, -0.2) is 30.4 Å². The Labute approximate surface area is 87.9 Å². The standard InChI is InChI=1S/C10H12N2O3/c1-14-2-3-15-10-6-12-9(7-13)4-8(10)5-11/h4,6,13H,2-3,7H2,1H3. The molecule has 0 aliphatic carbocycles. The fraction of sp³-hybridized carbons (Fsp3) is 0.400. The van der Waals surface area contributed by atoms with E-state index in [2.05, 4.69) is 4.98 Å². The molecular formula is C10H12N2O3. The monoisotopic (exact) mass is 208 g/mol. The highest BCUT2D eigenvalue weighted by Crippen LogP contribution is 2.16. The normalized spacial score (nSPS) is 9.67. The second-order valence-electron chi connectivity index (χ2n) is 2.78. The van der Waals surface area contributed by atoms with E-state index in [4.69, 9.17) is 19.8 Å². The molecule has 1 heterocycles. The minimum atomic E-state index is -0.187. The fourth-order valence-corrected chi connectivity index (χ4v) is 1.01. The maximum absolute atomic E-state index is 8.83. The van der Waals surface area contributed by atoms with E-state index in [0.29, 0.717) is 30.2 Å². The SMILES string of the molecule is COCCOc1cnc(CO)cc1C#N. The molecule has 15 heavy (non-hydrogen) atoms. The van der Waals surface area contributed by atoms with Gasteiger partial charge in [-0.05, 0) is 6.07 Å². The third-order valence-corrected chi connectivity index (χ3v) is 1.75. The fourth-order valence-electron chi connectivity index (χ4n) is 1.01. The molecule has 0 unspecified atom stereocenters. The topological polar surface area (TPSA) is 75.4 Å². The lowest BCUT2D eigenvalue weighted by Gasteiger charge is -2.07. The number of hydrogen-bond donors (Lipinski definition) is 1. The predicted molar refractivity (Wildman–Crippen MR) is 52.2 cm³/mol. The number of methoxy groups -OCH3 is 1. The first-order valence-corrected chi connectivity index (χ1v) is 4.43. The molecule has 0 saturated carbocycles. The van der Waals surface area contributed by atoms with Crippen LogP contribution in [0.5, 0.6) is 5.75 Å². The van der Waals surface area contributed by atoms with Gasteiger partial charge >= 0.3 is 0 Å². The van der Waals surface area contributed by atoms with Gasteiger partial charge in [-0.1, -0.05) is 0 Å². The molecule has 0 aliphatic rings. The van der Waals surface area contributed by atoms with Gasteiger partial charge < -0.3 is 14.6 Å². The Morgan fingerprint density at radius 3 is 2.93 bits per heavy atom. The number of aliphatic hydroxyl groups is 1. The van der Waals surface area contributed by atoms with E-state index < -0.39 is 0 Å². The Bertz CT molecular complexity index is 360. The lowest BCUT2D eigenvalue weighted by molar-refractivity contribution is 0.146. The molecule has 0 spiro atoms. The van der Waals surface area contributed by atoms with Crippen LogP contribution in [0.25, 0.3) is 0 Å². The number of aromatic nitrogens is 1. The summed E-state index contributed by atoms with van der Waals surface area (Å²) >= 11 is 0. The Hall–Kier alpha value is -1.64. The van der Waals surface area contributed by atoms with E-state index in [1.165, 1.54) is 12.3 Å². The van der Waals surface area contributed by atoms with Gasteiger partial charge in [-0.15, -0.1) is 0 Å². The molecule has 0 bridgehead atoms. The smallest absolute Gasteiger partial charge is 0.155 e. The molecule has 0 aromatic carbocycles. The number of ether oxygens (including phenoxy) is 2. The molecule has 0 aliphatic heterocycles. The third-order valence-electron chi connectivity index (χ3n) is 1.75. The van der Waals surface area contributed by atoms with E-state index in [-0.39, 0.29) is 6.61 Å². The summed E-state index contributed by atoms with van der Waals surface area (Å²) in [5.41, 5.74) is 0.816. The van der Waals surface area contributed by atoms with Gasteiger partial charge in [0.05, 0.1) is 30.7 Å². The van der Waals surface area contributed by atoms with Gasteiger partial charge in [0.1, 0.15) is 12.7 Å². The van der Waals surface area contributed by atoms with Crippen molar-refractivity contribution in [1.29, 1.82) is 5.26 Å². The van der Waals surface area contributed by atoms with E-state index in [0.717, 1.165) is 0 Å². The zero-order valence-corrected chi connectivity index (χ0v) is 8.43. The highest BCUT2D eigenvalue weighted by molar-refractivity contribution is 5.42. The molecule has 5 nitrogen and oxygen atoms in total. The van der Waals surface area contributed by atoms with Crippen molar-refractivity contribution in [2.45, 2.75) is 6.61 Å². The summed E-state index contributed by atoms with van der Waals surface area (Å²) in [7, 11) is 1.57. The molecule has 0 radical (unpaired) electrons. The Kier molecular flexibility index (Phi) is 4.54. The van der Waals surface area contributed by atoms with Crippen LogP contribution < -0.4 is 4.74 Å². The average molecular weight is 208 g/mol. The number of aliphatic hydroxyl groups excluding tert-OH is 1. The zero-order valence-electron chi connectivity index (χ0n) is 8.43. The number of pyridine rings is 1. The maximum atomic E-state index is 8.83. The van der Waals surface area contributed by atoms with Crippen LogP contribution in [0.3, 0.4) is 0 Å². The minimum Gasteiger partial charge on any atom is -0.488 e. The van der Waals surface area contributed by atoms with Crippen molar-refractivity contribution in [3.05, 3.63) is 23.5 Å². The first-order chi connectivity index (χ1) is 7.31. The van der Waals surface area contributed by atoms with Crippen LogP contribution in [0.4, 0.5) is 0 Å². The van der Waals surface area contributed by atoms with E-state index >= 15 is 0 Å². The molecule has 0 saturated heterocycles. The Morgan fingerprint density at radius 1 is 1.53 bits per heavy atom. The molecule has 0 fully saturated rings. The number of nitrogens with zero attached hydrogens (tertiary/aromatic N) is 2. The van der Waals surface area contributed by atoms with Gasteiger partial charge in [0.25, 0.3) is 0 Å². The highest BCUT2D eigenvalue weighted by atomic mass is 16.5. The molecule has 0 atom stereocenters. The largest absolute Gasteiger partial charge is 0.488 e. The first kappa shape index (κ1) is 11.4. The summed E-state index contributed by atoms with van der Waals surface area (Å²) in [6.07, 6.45) is 1.43. The predicted octanol–water partition coefficient (Wildman–Crippen LogP) is 0.471. The summed E-state index contributed by atoms with van der Waals surface area (Å²) in [5, 5.41) is 17.7. The second kappa shape index (κ2) is 5.96. The molecule has 1 aromatic rings. The molecule has 1 rings (SSSR count). The molecule has 80 valence electrons. The van der Waals surface area contributed by atoms with E-state index in [9.17, 15) is 0 Å². The van der Waals surface area contributed by atoms with E-state index in [1.54, 1.807) is 7.11 Å². The van der Waals surface area contributed by atoms with E-state index in [1.807, 2.05) is 6.07 Å². The van der Waals surface area contributed by atoms with Crippen LogP contribution in [0.2, 0.25) is 0 Å². The van der Waals surface area contributed by atoms with Gasteiger partial charge in [0, 0.05) is 7.11 Å². The van der Waals surface area contributed by atoms with Gasteiger partial charge in [-0.3, -0.25) is 4.98 Å². The molecule has 1 N–H and O–H groups in total. The summed E-state index contributed by atoms with van der Waals surface area (Å²) in [5.74, 6) is 0.409. The van der Waals surface area contributed by atoms with Crippen molar-refractivity contribution >= 4 is 0 Å². The van der Waals surface area contributed by atoms with Gasteiger partial charge in [-0.25, -0.2) is 0 Å². The third kappa shape index (κ3) is 3.20. The van der Waals surface area contributed by atoms with Crippen molar-refractivity contribution in [3.63, 3.8) is 0 Å². The maximum Gasteiger partial charge on any atom is 0.155 e. The number of nitriles is 1. The lowest BCUT2D eigenvalue weighted by atomic mass is 10.2. The van der Waals surface area contributed by atoms with Crippen LogP contribution in [0.15, 0.2) is 12.3 Å². The van der Waals surface area contributed by atoms with Crippen LogP contribution in [-0.2, 0) is 11.3 Å². The molecule has 0 amide bonds. The van der Waals surface area contributed by atoms with Gasteiger partial charge in [0.2, 0.25) is 0 Å². The Morgan fingerprint density at radius 2 is 2.33 bits per heavy atom. The van der Waals surface area contributed by atoms with Gasteiger partial charge in [0.15, 0.2) is 5.75 Å². The van der Waals surface area contributed by atoms with Crippen LogP contribution in [0.1, 0.15) is 11.3 Å². The molecule has 5 heteroatoms. The van der Waals surface area contributed by atoms with Crippen molar-refractivity contribution in [1.82, 2.24) is 4.98 Å². The quantitative estimate of drug-likeness (QED) is 0.712. The average Bonchev–Trinajstić information content (AvgIpc) is 2.29.